The van der Waals surface area contributed by atoms with Crippen molar-refractivity contribution in [3.63, 3.8) is 0 Å². The van der Waals surface area contributed by atoms with E-state index in [9.17, 15) is 13.9 Å². The number of β-amino-alcohol motifs (C(OH)–C–C–N with tert-alkyl or cyclic N) is 1. The van der Waals surface area contributed by atoms with E-state index in [2.05, 4.69) is 15.0 Å². The molecular formula is C16H25F2N3O2. The number of alkyl halides is 2. The molecule has 1 saturated carbocycles. The number of likely N-dealkylation sites (tertiary alicyclic amines) is 1. The standard InChI is InChI=1S/C16H25F2N3O2/c1-12-19-14(23-20-12)9-15(22)5-2-8-21(11-15)10-13-3-6-16(17,18)7-4-13/h13,22H,2-11H2,1H3. The molecule has 7 heteroatoms. The van der Waals surface area contributed by atoms with E-state index in [1.54, 1.807) is 6.92 Å². The van der Waals surface area contributed by atoms with Crippen LogP contribution in [0.15, 0.2) is 4.52 Å². The van der Waals surface area contributed by atoms with Gasteiger partial charge in [0.2, 0.25) is 11.8 Å². The van der Waals surface area contributed by atoms with E-state index >= 15 is 0 Å². The number of aliphatic hydroxyl groups is 1. The number of aryl methyl sites for hydroxylation is 1. The van der Waals surface area contributed by atoms with Crippen molar-refractivity contribution in [2.75, 3.05) is 19.6 Å². The molecule has 130 valence electrons. The smallest absolute Gasteiger partial charge is 0.248 e. The second-order valence-electron chi connectivity index (χ2n) is 7.27. The van der Waals surface area contributed by atoms with Gasteiger partial charge in [-0.25, -0.2) is 8.78 Å². The molecule has 0 spiro atoms. The van der Waals surface area contributed by atoms with Crippen molar-refractivity contribution < 1.29 is 18.4 Å². The summed E-state index contributed by atoms with van der Waals surface area (Å²) in [6.07, 6.45) is 3.09. The Bertz CT molecular complexity index is 527. The molecule has 0 bridgehead atoms. The molecule has 5 nitrogen and oxygen atoms in total. The van der Waals surface area contributed by atoms with Gasteiger partial charge in [0.1, 0.15) is 0 Å². The SMILES string of the molecule is Cc1noc(CC2(O)CCCN(CC3CCC(F)(F)CC3)C2)n1. The van der Waals surface area contributed by atoms with Gasteiger partial charge in [-0.15, -0.1) is 0 Å². The van der Waals surface area contributed by atoms with Crippen LogP contribution < -0.4 is 0 Å². The molecule has 23 heavy (non-hydrogen) atoms. The maximum Gasteiger partial charge on any atom is 0.248 e. The zero-order chi connectivity index (χ0) is 16.5. The molecule has 1 saturated heterocycles. The summed E-state index contributed by atoms with van der Waals surface area (Å²) in [7, 11) is 0. The van der Waals surface area contributed by atoms with Gasteiger partial charge in [-0.3, -0.25) is 0 Å². The highest BCUT2D eigenvalue weighted by molar-refractivity contribution is 4.96. The predicted octanol–water partition coefficient (Wildman–Crippen LogP) is 2.57. The summed E-state index contributed by atoms with van der Waals surface area (Å²) in [4.78, 5) is 6.38. The fourth-order valence-electron chi connectivity index (χ4n) is 3.85. The van der Waals surface area contributed by atoms with Crippen LogP contribution in [0.1, 0.15) is 50.2 Å². The van der Waals surface area contributed by atoms with Crippen molar-refractivity contribution in [1.29, 1.82) is 0 Å². The highest BCUT2D eigenvalue weighted by atomic mass is 19.3. The van der Waals surface area contributed by atoms with Gasteiger partial charge in [0.25, 0.3) is 0 Å². The fourth-order valence-corrected chi connectivity index (χ4v) is 3.85. The molecule has 2 heterocycles. The number of aromatic nitrogens is 2. The van der Waals surface area contributed by atoms with Crippen LogP contribution in [0.3, 0.4) is 0 Å². The Morgan fingerprint density at radius 3 is 2.70 bits per heavy atom. The normalized spacial score (nSPS) is 29.7. The lowest BCUT2D eigenvalue weighted by Gasteiger charge is -2.41. The van der Waals surface area contributed by atoms with E-state index in [4.69, 9.17) is 4.52 Å². The van der Waals surface area contributed by atoms with Crippen molar-refractivity contribution in [2.24, 2.45) is 5.92 Å². The van der Waals surface area contributed by atoms with Gasteiger partial charge in [0.15, 0.2) is 5.82 Å². The lowest BCUT2D eigenvalue weighted by Crippen LogP contribution is -2.51. The van der Waals surface area contributed by atoms with Gasteiger partial charge >= 0.3 is 0 Å². The molecule has 2 aliphatic rings. The number of hydrogen-bond acceptors (Lipinski definition) is 5. The summed E-state index contributed by atoms with van der Waals surface area (Å²) in [5.74, 6) is -1.14. The van der Waals surface area contributed by atoms with Gasteiger partial charge < -0.3 is 14.5 Å². The zero-order valence-electron chi connectivity index (χ0n) is 13.6. The van der Waals surface area contributed by atoms with E-state index < -0.39 is 11.5 Å². The Morgan fingerprint density at radius 1 is 1.30 bits per heavy atom. The lowest BCUT2D eigenvalue weighted by molar-refractivity contribution is -0.0624. The average molecular weight is 329 g/mol. The number of piperidine rings is 1. The molecule has 0 amide bonds. The summed E-state index contributed by atoms with van der Waals surface area (Å²) in [6.45, 7) is 4.00. The maximum absolute atomic E-state index is 13.2. The Balaban J connectivity index is 1.53. The van der Waals surface area contributed by atoms with Crippen molar-refractivity contribution in [3.8, 4) is 0 Å². The minimum absolute atomic E-state index is 0.00294. The van der Waals surface area contributed by atoms with Crippen LogP contribution in [0.5, 0.6) is 0 Å². The first-order chi connectivity index (χ1) is 10.8. The third-order valence-corrected chi connectivity index (χ3v) is 5.04. The average Bonchev–Trinajstić information content (AvgIpc) is 2.86. The Morgan fingerprint density at radius 2 is 2.04 bits per heavy atom. The predicted molar refractivity (Wildman–Crippen MR) is 80.3 cm³/mol. The number of halogens is 2. The molecule has 0 aromatic carbocycles. The molecule has 1 aromatic rings. The van der Waals surface area contributed by atoms with Gasteiger partial charge in [0.05, 0.1) is 12.0 Å². The van der Waals surface area contributed by atoms with Crippen LogP contribution in [0.25, 0.3) is 0 Å². The minimum atomic E-state index is -2.48. The molecular weight excluding hydrogens is 304 g/mol. The Labute approximate surface area is 135 Å². The van der Waals surface area contributed by atoms with Gasteiger partial charge in [-0.2, -0.15) is 4.98 Å². The van der Waals surface area contributed by atoms with E-state index in [1.165, 1.54) is 0 Å². The first kappa shape index (κ1) is 16.8. The number of hydrogen-bond donors (Lipinski definition) is 1. The van der Waals surface area contributed by atoms with Gasteiger partial charge in [0, 0.05) is 25.9 Å². The maximum atomic E-state index is 13.2. The zero-order valence-corrected chi connectivity index (χ0v) is 13.6. The molecule has 1 aromatic heterocycles. The molecule has 1 atom stereocenters. The monoisotopic (exact) mass is 329 g/mol. The second-order valence-corrected chi connectivity index (χ2v) is 7.27. The van der Waals surface area contributed by atoms with Gasteiger partial charge in [-0.05, 0) is 45.1 Å². The molecule has 1 aliphatic heterocycles. The largest absolute Gasteiger partial charge is 0.388 e. The highest BCUT2D eigenvalue weighted by Gasteiger charge is 2.38. The third kappa shape index (κ3) is 4.47. The minimum Gasteiger partial charge on any atom is -0.388 e. The first-order valence-corrected chi connectivity index (χ1v) is 8.45. The summed E-state index contributed by atoms with van der Waals surface area (Å²) in [5.41, 5.74) is -0.865. The van der Waals surface area contributed by atoms with Crippen molar-refractivity contribution in [3.05, 3.63) is 11.7 Å². The summed E-state index contributed by atoms with van der Waals surface area (Å²) in [6, 6.07) is 0. The third-order valence-electron chi connectivity index (χ3n) is 5.04. The van der Waals surface area contributed by atoms with Crippen LogP contribution in [0, 0.1) is 12.8 Å². The van der Waals surface area contributed by atoms with E-state index in [-0.39, 0.29) is 12.8 Å². The van der Waals surface area contributed by atoms with Crippen LogP contribution in [0.4, 0.5) is 8.78 Å². The van der Waals surface area contributed by atoms with Crippen molar-refractivity contribution >= 4 is 0 Å². The van der Waals surface area contributed by atoms with Gasteiger partial charge in [-0.1, -0.05) is 5.16 Å². The molecule has 1 N–H and O–H groups in total. The highest BCUT2D eigenvalue weighted by Crippen LogP contribution is 2.37. The van der Waals surface area contributed by atoms with Crippen molar-refractivity contribution in [2.45, 2.75) is 63.4 Å². The van der Waals surface area contributed by atoms with Crippen LogP contribution in [-0.4, -0.2) is 51.3 Å². The summed E-state index contributed by atoms with van der Waals surface area (Å²) in [5, 5.41) is 14.6. The summed E-state index contributed by atoms with van der Waals surface area (Å²) < 4.78 is 31.6. The van der Waals surface area contributed by atoms with Crippen LogP contribution >= 0.6 is 0 Å². The first-order valence-electron chi connectivity index (χ1n) is 8.45. The molecule has 1 unspecified atom stereocenters. The van der Waals surface area contributed by atoms with Crippen molar-refractivity contribution in [1.82, 2.24) is 15.0 Å². The topological polar surface area (TPSA) is 62.4 Å². The lowest BCUT2D eigenvalue weighted by atomic mass is 9.84. The molecule has 2 fully saturated rings. The van der Waals surface area contributed by atoms with Crippen LogP contribution in [0.2, 0.25) is 0 Å². The molecule has 1 aliphatic carbocycles. The molecule has 3 rings (SSSR count). The van der Waals surface area contributed by atoms with E-state index in [0.29, 0.717) is 49.9 Å². The molecule has 0 radical (unpaired) electrons. The Hall–Kier alpha value is -1.08. The second kappa shape index (κ2) is 6.43. The summed E-state index contributed by atoms with van der Waals surface area (Å²) >= 11 is 0. The quantitative estimate of drug-likeness (QED) is 0.920. The fraction of sp³-hybridized carbons (Fsp3) is 0.875. The van der Waals surface area contributed by atoms with E-state index in [1.807, 2.05) is 0 Å². The number of nitrogens with zero attached hydrogens (tertiary/aromatic N) is 3. The Kier molecular flexibility index (Phi) is 4.69. The number of rotatable bonds is 4. The van der Waals surface area contributed by atoms with Crippen LogP contribution in [-0.2, 0) is 6.42 Å². The van der Waals surface area contributed by atoms with E-state index in [0.717, 1.165) is 19.5 Å².